The van der Waals surface area contributed by atoms with Gasteiger partial charge in [-0.25, -0.2) is 14.6 Å². The molecule has 7 nitrogen and oxygen atoms in total. The minimum Gasteiger partial charge on any atom is -0.342 e. The largest absolute Gasteiger partial charge is 0.342 e. The first-order valence-corrected chi connectivity index (χ1v) is 9.03. The molecule has 2 aromatic carbocycles. The van der Waals surface area contributed by atoms with E-state index in [0.717, 1.165) is 20.9 Å². The highest BCUT2D eigenvalue weighted by molar-refractivity contribution is 6.03. The van der Waals surface area contributed by atoms with Crippen LogP contribution in [-0.4, -0.2) is 40.1 Å². The van der Waals surface area contributed by atoms with E-state index in [1.807, 2.05) is 60.7 Å². The number of ether oxygens (including phenoxy) is 2. The highest BCUT2D eigenvalue weighted by Crippen LogP contribution is 2.45. The van der Waals surface area contributed by atoms with Gasteiger partial charge in [-0.1, -0.05) is 60.7 Å². The Hall–Kier alpha value is -3.03. The van der Waals surface area contributed by atoms with Gasteiger partial charge in [0.05, 0.1) is 0 Å². The van der Waals surface area contributed by atoms with E-state index in [9.17, 15) is 14.4 Å². The summed E-state index contributed by atoms with van der Waals surface area (Å²) < 4.78 is 12.5. The summed E-state index contributed by atoms with van der Waals surface area (Å²) in [7, 11) is 0. The zero-order valence-electron chi connectivity index (χ0n) is 15.5. The van der Waals surface area contributed by atoms with E-state index in [2.05, 4.69) is 0 Å². The van der Waals surface area contributed by atoms with Crippen molar-refractivity contribution < 1.29 is 23.9 Å². The molecule has 4 amide bonds. The average Bonchev–Trinajstić information content (AvgIpc) is 2.99. The van der Waals surface area contributed by atoms with E-state index in [0.29, 0.717) is 0 Å². The molecule has 4 atom stereocenters. The lowest BCUT2D eigenvalue weighted by molar-refractivity contribution is -0.261. The van der Waals surface area contributed by atoms with Crippen LogP contribution in [-0.2, 0) is 19.1 Å². The molecule has 2 aromatic rings. The second kappa shape index (κ2) is 7.18. The molecule has 144 valence electrons. The maximum absolute atomic E-state index is 12.7. The van der Waals surface area contributed by atoms with Crippen LogP contribution in [0.25, 0.3) is 0 Å². The molecular weight excluding hydrogens is 360 g/mol. The van der Waals surface area contributed by atoms with Crippen molar-refractivity contribution in [3.63, 3.8) is 0 Å². The van der Waals surface area contributed by atoms with Gasteiger partial charge < -0.3 is 9.47 Å². The normalized spacial score (nSPS) is 26.9. The monoisotopic (exact) mass is 380 g/mol. The zero-order valence-corrected chi connectivity index (χ0v) is 15.5. The molecular formula is C21H20N2O5. The number of rotatable bonds is 2. The molecule has 2 aliphatic heterocycles. The third-order valence-corrected chi connectivity index (χ3v) is 4.95. The Morgan fingerprint density at radius 2 is 1.07 bits per heavy atom. The molecule has 0 aromatic heterocycles. The molecule has 0 bridgehead atoms. The van der Waals surface area contributed by atoms with Crippen LogP contribution in [0.1, 0.15) is 37.2 Å². The number of fused-ring (bicyclic) bond motifs is 1. The zero-order chi connectivity index (χ0) is 19.8. The number of amides is 4. The van der Waals surface area contributed by atoms with Crippen LogP contribution < -0.4 is 0 Å². The van der Waals surface area contributed by atoms with Crippen LogP contribution in [0.4, 0.5) is 4.79 Å². The van der Waals surface area contributed by atoms with Gasteiger partial charge in [0.2, 0.25) is 11.8 Å². The molecule has 0 unspecified atom stereocenters. The fourth-order valence-electron chi connectivity index (χ4n) is 3.71. The van der Waals surface area contributed by atoms with Gasteiger partial charge in [-0.2, -0.15) is 0 Å². The van der Waals surface area contributed by atoms with Crippen molar-refractivity contribution in [3.05, 3.63) is 71.8 Å². The smallest absolute Gasteiger partial charge is 0.338 e. The number of hydrogen-bond donors (Lipinski definition) is 0. The second-order valence-corrected chi connectivity index (χ2v) is 6.78. The Balaban J connectivity index is 1.78. The number of carbonyl (C=O) groups excluding carboxylic acids is 3. The van der Waals surface area contributed by atoms with Gasteiger partial charge in [0.25, 0.3) is 0 Å². The van der Waals surface area contributed by atoms with Crippen molar-refractivity contribution >= 4 is 17.8 Å². The van der Waals surface area contributed by atoms with Gasteiger partial charge in [0, 0.05) is 13.8 Å². The summed E-state index contributed by atoms with van der Waals surface area (Å²) in [5, 5.41) is 0. The van der Waals surface area contributed by atoms with E-state index >= 15 is 0 Å². The quantitative estimate of drug-likeness (QED) is 0.801. The maximum atomic E-state index is 12.7. The molecule has 2 heterocycles. The van der Waals surface area contributed by atoms with Crippen molar-refractivity contribution in [2.45, 2.75) is 38.5 Å². The minimum atomic E-state index is -1.00. The van der Waals surface area contributed by atoms with Crippen LogP contribution in [0.3, 0.4) is 0 Å². The SMILES string of the molecule is CC(=O)N1C(=O)N(C(C)=O)[C@H]2O[C@H](c3ccccc3)[C@H](c3ccccc3)O[C@H]21. The first-order chi connectivity index (χ1) is 13.5. The Kier molecular flexibility index (Phi) is 4.70. The summed E-state index contributed by atoms with van der Waals surface area (Å²) in [5.74, 6) is -1.00. The minimum absolute atomic E-state index is 0.502. The molecule has 0 N–H and O–H groups in total. The first-order valence-electron chi connectivity index (χ1n) is 9.03. The van der Waals surface area contributed by atoms with Gasteiger partial charge in [-0.3, -0.25) is 9.59 Å². The molecule has 2 fully saturated rings. The summed E-state index contributed by atoms with van der Waals surface area (Å²) in [6.45, 7) is 2.53. The predicted molar refractivity (Wildman–Crippen MR) is 98.5 cm³/mol. The van der Waals surface area contributed by atoms with Crippen LogP contribution in [0.15, 0.2) is 60.7 Å². The van der Waals surface area contributed by atoms with Crippen LogP contribution >= 0.6 is 0 Å². The van der Waals surface area contributed by atoms with Crippen molar-refractivity contribution in [2.24, 2.45) is 0 Å². The fourth-order valence-corrected chi connectivity index (χ4v) is 3.71. The van der Waals surface area contributed by atoms with Crippen LogP contribution in [0.5, 0.6) is 0 Å². The van der Waals surface area contributed by atoms with Gasteiger partial charge in [0.15, 0.2) is 12.5 Å². The number of nitrogens with zero attached hydrogens (tertiary/aromatic N) is 2. The highest BCUT2D eigenvalue weighted by Gasteiger charge is 2.56. The Morgan fingerprint density at radius 3 is 1.39 bits per heavy atom. The highest BCUT2D eigenvalue weighted by atomic mass is 16.6. The molecule has 0 radical (unpaired) electrons. The molecule has 0 saturated carbocycles. The van der Waals surface area contributed by atoms with E-state index in [-0.39, 0.29) is 0 Å². The number of hydrogen-bond acceptors (Lipinski definition) is 5. The molecule has 0 aliphatic carbocycles. The number of urea groups is 1. The summed E-state index contributed by atoms with van der Waals surface area (Å²) in [6.07, 6.45) is -3.10. The lowest BCUT2D eigenvalue weighted by Gasteiger charge is -2.41. The van der Waals surface area contributed by atoms with Gasteiger partial charge in [0.1, 0.15) is 12.2 Å². The third-order valence-electron chi connectivity index (χ3n) is 4.95. The van der Waals surface area contributed by atoms with Crippen LogP contribution in [0.2, 0.25) is 0 Å². The second-order valence-electron chi connectivity index (χ2n) is 6.78. The lowest BCUT2D eigenvalue weighted by Crippen LogP contribution is -2.49. The van der Waals surface area contributed by atoms with Crippen molar-refractivity contribution in [3.8, 4) is 0 Å². The number of imide groups is 2. The molecule has 2 aliphatic rings. The Labute approximate surface area is 162 Å². The molecule has 7 heteroatoms. The third kappa shape index (κ3) is 2.98. The lowest BCUT2D eigenvalue weighted by atomic mass is 9.96. The molecule has 0 spiro atoms. The molecule has 28 heavy (non-hydrogen) atoms. The van der Waals surface area contributed by atoms with Gasteiger partial charge >= 0.3 is 6.03 Å². The predicted octanol–water partition coefficient (Wildman–Crippen LogP) is 3.00. The van der Waals surface area contributed by atoms with Crippen molar-refractivity contribution in [2.75, 3.05) is 0 Å². The van der Waals surface area contributed by atoms with E-state index in [1.165, 1.54) is 13.8 Å². The van der Waals surface area contributed by atoms with E-state index < -0.39 is 42.5 Å². The van der Waals surface area contributed by atoms with E-state index in [4.69, 9.17) is 9.47 Å². The Bertz CT molecular complexity index is 828. The average molecular weight is 380 g/mol. The Morgan fingerprint density at radius 1 is 0.714 bits per heavy atom. The first kappa shape index (κ1) is 18.3. The molecule has 4 rings (SSSR count). The topological polar surface area (TPSA) is 76.2 Å². The summed E-state index contributed by atoms with van der Waals surface area (Å²) in [4.78, 5) is 38.8. The molecule has 2 saturated heterocycles. The summed E-state index contributed by atoms with van der Waals surface area (Å²) in [6, 6.07) is 18.2. The summed E-state index contributed by atoms with van der Waals surface area (Å²) in [5.41, 5.74) is 1.71. The van der Waals surface area contributed by atoms with E-state index in [1.54, 1.807) is 0 Å². The van der Waals surface area contributed by atoms with Gasteiger partial charge in [-0.15, -0.1) is 0 Å². The standard InChI is InChI=1S/C21H20N2O5/c1-13(24)22-19-20(23(14(2)25)21(22)26)28-18(16-11-7-4-8-12-16)17(27-19)15-9-5-3-6-10-15/h3-12,17-20H,1-2H3/t17-,18+,19+,20-. The maximum Gasteiger partial charge on any atom is 0.338 e. The van der Waals surface area contributed by atoms with Crippen LogP contribution in [0, 0.1) is 0 Å². The fraction of sp³-hybridized carbons (Fsp3) is 0.286. The summed E-state index contributed by atoms with van der Waals surface area (Å²) >= 11 is 0. The van der Waals surface area contributed by atoms with Crippen molar-refractivity contribution in [1.29, 1.82) is 0 Å². The van der Waals surface area contributed by atoms with Crippen molar-refractivity contribution in [1.82, 2.24) is 9.80 Å². The number of carbonyl (C=O) groups is 3. The van der Waals surface area contributed by atoms with Gasteiger partial charge in [-0.05, 0) is 11.1 Å². The number of benzene rings is 2.